The molecule has 8 aromatic rings. The maximum Gasteiger partial charge on any atom is 0.0538 e. The maximum absolute atomic E-state index is 2.57. The molecule has 52 heavy (non-hydrogen) atoms. The lowest BCUT2D eigenvalue weighted by Crippen LogP contribution is -2.00. The molecule has 244 valence electrons. The van der Waals surface area contributed by atoms with Gasteiger partial charge < -0.3 is 4.57 Å². The molecule has 0 saturated heterocycles. The van der Waals surface area contributed by atoms with Gasteiger partial charge in [-0.15, -0.1) is 0 Å². The topological polar surface area (TPSA) is 4.93 Å². The van der Waals surface area contributed by atoms with Gasteiger partial charge in [0.2, 0.25) is 0 Å². The second-order valence-electron chi connectivity index (χ2n) is 14.3. The molecule has 0 amide bonds. The van der Waals surface area contributed by atoms with Crippen molar-refractivity contribution < 1.29 is 0 Å². The van der Waals surface area contributed by atoms with Crippen LogP contribution in [0, 0.1) is 0 Å². The fourth-order valence-electron chi connectivity index (χ4n) is 9.30. The highest BCUT2D eigenvalue weighted by Crippen LogP contribution is 2.59. The number of hydrogen-bond acceptors (Lipinski definition) is 0. The molecule has 11 rings (SSSR count). The zero-order valence-electron chi connectivity index (χ0n) is 28.8. The van der Waals surface area contributed by atoms with Gasteiger partial charge >= 0.3 is 0 Å². The van der Waals surface area contributed by atoms with E-state index in [1.165, 1.54) is 105 Å². The number of nitrogens with zero attached hydrogens (tertiary/aromatic N) is 1. The molecule has 0 bridgehead atoms. The first-order chi connectivity index (χ1) is 25.8. The van der Waals surface area contributed by atoms with E-state index < -0.39 is 0 Å². The Morgan fingerprint density at radius 3 is 1.77 bits per heavy atom. The predicted molar refractivity (Wildman–Crippen MR) is 219 cm³/mol. The van der Waals surface area contributed by atoms with Crippen molar-refractivity contribution >= 4 is 50.0 Å². The van der Waals surface area contributed by atoms with Crippen molar-refractivity contribution in [2.24, 2.45) is 0 Å². The number of benzene rings is 7. The largest absolute Gasteiger partial charge is 0.313 e. The molecule has 0 unspecified atom stereocenters. The Bertz CT molecular complexity index is 2840. The van der Waals surface area contributed by atoms with Crippen molar-refractivity contribution in [2.45, 2.75) is 19.3 Å². The van der Waals surface area contributed by atoms with Gasteiger partial charge in [0.1, 0.15) is 0 Å². The van der Waals surface area contributed by atoms with Crippen molar-refractivity contribution in [3.05, 3.63) is 215 Å². The van der Waals surface area contributed by atoms with Crippen LogP contribution in [-0.2, 0) is 6.42 Å². The molecule has 0 aliphatic heterocycles. The molecule has 0 radical (unpaired) electrons. The third-order valence-electron chi connectivity index (χ3n) is 11.5. The van der Waals surface area contributed by atoms with E-state index in [0.29, 0.717) is 0 Å². The Balaban J connectivity index is 1.21. The van der Waals surface area contributed by atoms with Crippen molar-refractivity contribution in [3.63, 3.8) is 0 Å². The third-order valence-corrected chi connectivity index (χ3v) is 11.5. The lowest BCUT2D eigenvalue weighted by Gasteiger charge is -2.14. The van der Waals surface area contributed by atoms with E-state index in [-0.39, 0.29) is 0 Å². The minimum atomic E-state index is 1.02. The first-order valence-electron chi connectivity index (χ1n) is 18.5. The third kappa shape index (κ3) is 4.29. The summed E-state index contributed by atoms with van der Waals surface area (Å²) in [6.07, 6.45) is 5.70. The Kier molecular flexibility index (Phi) is 6.51. The summed E-state index contributed by atoms with van der Waals surface area (Å²) >= 11 is 0. The quantitative estimate of drug-likeness (QED) is 0.177. The van der Waals surface area contributed by atoms with Gasteiger partial charge in [-0.2, -0.15) is 0 Å². The average molecular weight is 662 g/mol. The molecular weight excluding hydrogens is 627 g/mol. The summed E-state index contributed by atoms with van der Waals surface area (Å²) in [7, 11) is 0. The van der Waals surface area contributed by atoms with E-state index in [1.807, 2.05) is 0 Å². The Morgan fingerprint density at radius 2 is 1.00 bits per heavy atom. The summed E-state index contributed by atoms with van der Waals surface area (Å²) < 4.78 is 2.52. The number of rotatable bonds is 4. The van der Waals surface area contributed by atoms with Gasteiger partial charge in [-0.25, -0.2) is 0 Å². The second kappa shape index (κ2) is 11.5. The molecule has 0 atom stereocenters. The summed E-state index contributed by atoms with van der Waals surface area (Å²) in [5.74, 6) is 0. The Hall–Kier alpha value is -6.44. The highest BCUT2D eigenvalue weighted by atomic mass is 15.0. The first kappa shape index (κ1) is 29.3. The van der Waals surface area contributed by atoms with Crippen molar-refractivity contribution in [1.29, 1.82) is 0 Å². The summed E-state index contributed by atoms with van der Waals surface area (Å²) in [6.45, 7) is 0. The van der Waals surface area contributed by atoms with Crippen LogP contribution in [0.3, 0.4) is 0 Å². The van der Waals surface area contributed by atoms with Crippen LogP contribution in [0.5, 0.6) is 0 Å². The zero-order valence-corrected chi connectivity index (χ0v) is 28.8. The van der Waals surface area contributed by atoms with Gasteiger partial charge in [-0.3, -0.25) is 0 Å². The van der Waals surface area contributed by atoms with Crippen LogP contribution < -0.4 is 0 Å². The monoisotopic (exact) mass is 661 g/mol. The van der Waals surface area contributed by atoms with Crippen LogP contribution in [0.25, 0.3) is 66.9 Å². The van der Waals surface area contributed by atoms with Crippen molar-refractivity contribution in [2.75, 3.05) is 0 Å². The van der Waals surface area contributed by atoms with E-state index >= 15 is 0 Å². The Labute approximate surface area is 304 Å². The van der Waals surface area contributed by atoms with Crippen LogP contribution in [0.15, 0.2) is 175 Å². The molecule has 0 fully saturated rings. The molecular formula is C51H35N. The second-order valence-corrected chi connectivity index (χ2v) is 14.3. The highest BCUT2D eigenvalue weighted by Gasteiger charge is 2.38. The fraction of sp³-hybridized carbons (Fsp3) is 0.0588. The number of allylic oxidation sites excluding steroid dienone is 4. The van der Waals surface area contributed by atoms with E-state index in [2.05, 4.69) is 181 Å². The van der Waals surface area contributed by atoms with E-state index in [9.17, 15) is 0 Å². The van der Waals surface area contributed by atoms with Gasteiger partial charge in [0.15, 0.2) is 0 Å². The van der Waals surface area contributed by atoms with Crippen LogP contribution >= 0.6 is 0 Å². The van der Waals surface area contributed by atoms with E-state index in [0.717, 1.165) is 19.3 Å². The van der Waals surface area contributed by atoms with Crippen LogP contribution in [0.4, 0.5) is 0 Å². The SMILES string of the molecule is C1=C(C2=C3C(=C(c4cccc5ccccc45)c4ccccc43)c3ccccc32)CCCc2c1c1cc(-c3ccccc3)ccc1n2-c1ccccc1. The number of fused-ring (bicyclic) bond motifs is 9. The maximum atomic E-state index is 2.57. The van der Waals surface area contributed by atoms with Crippen molar-refractivity contribution in [1.82, 2.24) is 4.57 Å². The molecule has 0 saturated carbocycles. The fourth-order valence-corrected chi connectivity index (χ4v) is 9.30. The average Bonchev–Trinajstić information content (AvgIpc) is 3.76. The first-order valence-corrected chi connectivity index (χ1v) is 18.5. The summed E-state index contributed by atoms with van der Waals surface area (Å²) in [5.41, 5.74) is 21.4. The minimum Gasteiger partial charge on any atom is -0.313 e. The van der Waals surface area contributed by atoms with Crippen LogP contribution in [-0.4, -0.2) is 4.57 Å². The zero-order chi connectivity index (χ0) is 34.2. The molecule has 1 nitrogen and oxygen atoms in total. The van der Waals surface area contributed by atoms with Gasteiger partial charge in [0.05, 0.1) is 5.52 Å². The van der Waals surface area contributed by atoms with Crippen molar-refractivity contribution in [3.8, 4) is 16.8 Å². The summed E-state index contributed by atoms with van der Waals surface area (Å²) in [5, 5.41) is 3.89. The molecule has 7 aromatic carbocycles. The Morgan fingerprint density at radius 1 is 0.404 bits per heavy atom. The van der Waals surface area contributed by atoms with E-state index in [1.54, 1.807) is 0 Å². The lowest BCUT2D eigenvalue weighted by molar-refractivity contribution is 0.798. The lowest BCUT2D eigenvalue weighted by atomic mass is 9.89. The van der Waals surface area contributed by atoms with Crippen LogP contribution in [0.1, 0.15) is 51.9 Å². The van der Waals surface area contributed by atoms with Crippen LogP contribution in [0.2, 0.25) is 0 Å². The summed E-state index contributed by atoms with van der Waals surface area (Å²) in [6, 6.07) is 62.7. The highest BCUT2D eigenvalue weighted by molar-refractivity contribution is 6.36. The smallest absolute Gasteiger partial charge is 0.0538 e. The van der Waals surface area contributed by atoms with Gasteiger partial charge in [-0.05, 0) is 127 Å². The van der Waals surface area contributed by atoms with Gasteiger partial charge in [-0.1, -0.05) is 146 Å². The molecule has 0 spiro atoms. The molecule has 1 heteroatoms. The predicted octanol–water partition coefficient (Wildman–Crippen LogP) is 13.1. The molecule has 0 N–H and O–H groups in total. The number of aromatic nitrogens is 1. The standard InChI is InChI=1S/C51H35N/c1-3-15-33(16-4-1)35-29-30-47-44(31-35)45-32-36(19-14-28-46(45)52(47)37-20-5-2-6-21-37)48-40-23-9-11-25-42(40)51-49(41-24-10-12-26-43(41)50(48)51)39-27-13-18-34-17-7-8-22-38(34)39/h1-13,15-18,20-27,29-32H,14,19,28H2. The number of hydrogen-bond donors (Lipinski definition) is 0. The molecule has 1 heterocycles. The number of para-hydroxylation sites is 1. The summed E-state index contributed by atoms with van der Waals surface area (Å²) in [4.78, 5) is 0. The molecule has 3 aliphatic carbocycles. The van der Waals surface area contributed by atoms with Gasteiger partial charge in [0.25, 0.3) is 0 Å². The normalized spacial score (nSPS) is 14.7. The molecule has 1 aromatic heterocycles. The van der Waals surface area contributed by atoms with E-state index in [4.69, 9.17) is 0 Å². The minimum absolute atomic E-state index is 1.02. The molecule has 3 aliphatic rings. The van der Waals surface area contributed by atoms with Gasteiger partial charge in [0, 0.05) is 22.3 Å².